The zero-order valence-corrected chi connectivity index (χ0v) is 25.5. The minimum absolute atomic E-state index is 1.21. The van der Waals surface area contributed by atoms with E-state index in [1.807, 2.05) is 0 Å². The van der Waals surface area contributed by atoms with Gasteiger partial charge in [-0.25, -0.2) is 0 Å². The number of hydrogen-bond acceptors (Lipinski definition) is 0. The van der Waals surface area contributed by atoms with E-state index < -0.39 is 0 Å². The summed E-state index contributed by atoms with van der Waals surface area (Å²) in [5, 5.41) is 2.49. The van der Waals surface area contributed by atoms with Crippen molar-refractivity contribution in [2.24, 2.45) is 0 Å². The maximum Gasteiger partial charge on any atom is -0.00992 e. The van der Waals surface area contributed by atoms with E-state index in [1.54, 1.807) is 0 Å². The standard InChI is InChI=1S/C46H32/c1-5-15-33(16-6-1)37-27-38(34-17-7-2-8-18-34)30-41(29-37)43-23-13-26-46-44(24-14-25-45(43)46)42-31-39(35-19-9-3-10-20-35)28-40(32-42)36-21-11-4-12-22-36/h1-32H. The first-order chi connectivity index (χ1) is 22.8. The van der Waals surface area contributed by atoms with Crippen LogP contribution in [0.25, 0.3) is 77.5 Å². The molecule has 8 rings (SSSR count). The monoisotopic (exact) mass is 584 g/mol. The maximum atomic E-state index is 2.34. The molecule has 0 atom stereocenters. The first-order valence-electron chi connectivity index (χ1n) is 15.8. The summed E-state index contributed by atoms with van der Waals surface area (Å²) in [7, 11) is 0. The average molecular weight is 585 g/mol. The highest BCUT2D eigenvalue weighted by atomic mass is 14.2. The third-order valence-electron chi connectivity index (χ3n) is 8.84. The van der Waals surface area contributed by atoms with Gasteiger partial charge in [-0.2, -0.15) is 0 Å². The van der Waals surface area contributed by atoms with Gasteiger partial charge in [0.25, 0.3) is 0 Å². The van der Waals surface area contributed by atoms with Crippen LogP contribution in [0.1, 0.15) is 0 Å². The molecule has 0 aliphatic carbocycles. The molecule has 46 heavy (non-hydrogen) atoms. The summed E-state index contributed by atoms with van der Waals surface area (Å²) in [5.74, 6) is 0. The van der Waals surface area contributed by atoms with Gasteiger partial charge in [0.1, 0.15) is 0 Å². The first-order valence-corrected chi connectivity index (χ1v) is 15.8. The number of rotatable bonds is 6. The molecule has 0 saturated heterocycles. The molecule has 0 amide bonds. The summed E-state index contributed by atoms with van der Waals surface area (Å²) < 4.78 is 0. The SMILES string of the molecule is c1ccc(-c2cc(-c3ccccc3)cc(-c3cccc4c(-c5cc(-c6ccccc6)cc(-c6ccccc6)c5)cccc34)c2)cc1. The smallest absolute Gasteiger partial charge is 0.00992 e. The molecule has 0 nitrogen and oxygen atoms in total. The topological polar surface area (TPSA) is 0 Å². The van der Waals surface area contributed by atoms with Crippen LogP contribution in [0.4, 0.5) is 0 Å². The zero-order valence-electron chi connectivity index (χ0n) is 25.5. The Morgan fingerprint density at radius 1 is 0.174 bits per heavy atom. The van der Waals surface area contributed by atoms with Crippen LogP contribution in [0.2, 0.25) is 0 Å². The van der Waals surface area contributed by atoms with Crippen molar-refractivity contribution in [3.63, 3.8) is 0 Å². The molecule has 0 spiro atoms. The third kappa shape index (κ3) is 5.42. The summed E-state index contributed by atoms with van der Waals surface area (Å²) >= 11 is 0. The molecule has 0 N–H and O–H groups in total. The van der Waals surface area contributed by atoms with Gasteiger partial charge < -0.3 is 0 Å². The van der Waals surface area contributed by atoms with E-state index in [2.05, 4.69) is 194 Å². The number of hydrogen-bond donors (Lipinski definition) is 0. The van der Waals surface area contributed by atoms with Gasteiger partial charge in [-0.15, -0.1) is 0 Å². The summed E-state index contributed by atoms with van der Waals surface area (Å²) in [5.41, 5.74) is 14.6. The van der Waals surface area contributed by atoms with E-state index in [0.717, 1.165) is 0 Å². The minimum atomic E-state index is 1.21. The molecule has 8 aromatic carbocycles. The molecule has 0 aliphatic rings. The fourth-order valence-corrected chi connectivity index (χ4v) is 6.57. The Labute approximate surface area is 270 Å². The van der Waals surface area contributed by atoms with Crippen molar-refractivity contribution < 1.29 is 0 Å². The van der Waals surface area contributed by atoms with Crippen molar-refractivity contribution in [3.8, 4) is 66.8 Å². The largest absolute Gasteiger partial charge is 0.0622 e. The van der Waals surface area contributed by atoms with E-state index >= 15 is 0 Å². The van der Waals surface area contributed by atoms with Gasteiger partial charge in [0.2, 0.25) is 0 Å². The fraction of sp³-hybridized carbons (Fsp3) is 0. The minimum Gasteiger partial charge on any atom is -0.0622 e. The number of benzene rings is 8. The van der Waals surface area contributed by atoms with Crippen LogP contribution in [0, 0.1) is 0 Å². The molecule has 0 radical (unpaired) electrons. The first kappa shape index (κ1) is 27.6. The molecule has 0 aliphatic heterocycles. The summed E-state index contributed by atoms with van der Waals surface area (Å²) in [6.07, 6.45) is 0. The van der Waals surface area contributed by atoms with Crippen LogP contribution < -0.4 is 0 Å². The van der Waals surface area contributed by atoms with Gasteiger partial charge in [-0.1, -0.05) is 158 Å². The van der Waals surface area contributed by atoms with Crippen LogP contribution in [0.3, 0.4) is 0 Å². The Bertz CT molecular complexity index is 1980. The van der Waals surface area contributed by atoms with Gasteiger partial charge in [-0.05, 0) is 114 Å². The zero-order chi connectivity index (χ0) is 30.7. The van der Waals surface area contributed by atoms with Crippen LogP contribution in [-0.2, 0) is 0 Å². The molecule has 0 heteroatoms. The average Bonchev–Trinajstić information content (AvgIpc) is 3.15. The Kier molecular flexibility index (Phi) is 7.30. The van der Waals surface area contributed by atoms with E-state index in [0.29, 0.717) is 0 Å². The second-order valence-corrected chi connectivity index (χ2v) is 11.8. The Balaban J connectivity index is 1.33. The van der Waals surface area contributed by atoms with Crippen molar-refractivity contribution in [1.29, 1.82) is 0 Å². The lowest BCUT2D eigenvalue weighted by molar-refractivity contribution is 1.57. The van der Waals surface area contributed by atoms with Crippen molar-refractivity contribution in [2.45, 2.75) is 0 Å². The summed E-state index contributed by atoms with van der Waals surface area (Å²) in [6.45, 7) is 0. The Morgan fingerprint density at radius 3 is 0.717 bits per heavy atom. The lowest BCUT2D eigenvalue weighted by Gasteiger charge is -2.16. The molecule has 0 aromatic heterocycles. The van der Waals surface area contributed by atoms with Gasteiger partial charge in [0.05, 0.1) is 0 Å². The van der Waals surface area contributed by atoms with E-state index in [4.69, 9.17) is 0 Å². The van der Waals surface area contributed by atoms with Gasteiger partial charge in [0.15, 0.2) is 0 Å². The molecule has 8 aromatic rings. The van der Waals surface area contributed by atoms with E-state index in [9.17, 15) is 0 Å². The highest BCUT2D eigenvalue weighted by Crippen LogP contribution is 2.40. The van der Waals surface area contributed by atoms with Crippen molar-refractivity contribution in [1.82, 2.24) is 0 Å². The normalized spacial score (nSPS) is 11.0. The Hall–Kier alpha value is -5.98. The molecule has 0 heterocycles. The number of fused-ring (bicyclic) bond motifs is 1. The summed E-state index contributed by atoms with van der Waals surface area (Å²) in [4.78, 5) is 0. The molecule has 0 bridgehead atoms. The fourth-order valence-electron chi connectivity index (χ4n) is 6.57. The predicted octanol–water partition coefficient (Wildman–Crippen LogP) is 12.8. The molecule has 0 fully saturated rings. The van der Waals surface area contributed by atoms with E-state index in [-0.39, 0.29) is 0 Å². The van der Waals surface area contributed by atoms with Crippen molar-refractivity contribution in [3.05, 3.63) is 194 Å². The van der Waals surface area contributed by atoms with Crippen LogP contribution in [0.15, 0.2) is 194 Å². The quantitative estimate of drug-likeness (QED) is 0.182. The Morgan fingerprint density at radius 2 is 0.435 bits per heavy atom. The van der Waals surface area contributed by atoms with Crippen molar-refractivity contribution >= 4 is 10.8 Å². The van der Waals surface area contributed by atoms with Gasteiger partial charge in [0, 0.05) is 0 Å². The lowest BCUT2D eigenvalue weighted by atomic mass is 9.88. The van der Waals surface area contributed by atoms with E-state index in [1.165, 1.54) is 77.5 Å². The van der Waals surface area contributed by atoms with Crippen LogP contribution >= 0.6 is 0 Å². The second-order valence-electron chi connectivity index (χ2n) is 11.8. The van der Waals surface area contributed by atoms with Crippen LogP contribution in [0.5, 0.6) is 0 Å². The molecule has 0 unspecified atom stereocenters. The molecular formula is C46H32. The highest BCUT2D eigenvalue weighted by molar-refractivity contribution is 6.05. The molecular weight excluding hydrogens is 553 g/mol. The highest BCUT2D eigenvalue weighted by Gasteiger charge is 2.14. The lowest BCUT2D eigenvalue weighted by Crippen LogP contribution is -1.90. The molecule has 0 saturated carbocycles. The van der Waals surface area contributed by atoms with Gasteiger partial charge >= 0.3 is 0 Å². The maximum absolute atomic E-state index is 2.34. The third-order valence-corrected chi connectivity index (χ3v) is 8.84. The van der Waals surface area contributed by atoms with Crippen LogP contribution in [-0.4, -0.2) is 0 Å². The second kappa shape index (κ2) is 12.2. The van der Waals surface area contributed by atoms with Gasteiger partial charge in [-0.3, -0.25) is 0 Å². The predicted molar refractivity (Wildman–Crippen MR) is 197 cm³/mol. The molecule has 216 valence electrons. The van der Waals surface area contributed by atoms with Crippen molar-refractivity contribution in [2.75, 3.05) is 0 Å². The summed E-state index contributed by atoms with van der Waals surface area (Å²) in [6, 6.07) is 70.2.